The third-order valence-corrected chi connectivity index (χ3v) is 10.6. The topological polar surface area (TPSA) is 89.0 Å². The van der Waals surface area contributed by atoms with Gasteiger partial charge in [-0.1, -0.05) is 23.8 Å². The molecule has 2 fully saturated rings. The number of hydrogen-bond donors (Lipinski definition) is 0. The Morgan fingerprint density at radius 2 is 2.15 bits per heavy atom. The average molecular weight is 522 g/mol. The summed E-state index contributed by atoms with van der Waals surface area (Å²) in [4.78, 5) is 20.4. The highest BCUT2D eigenvalue weighted by Gasteiger charge is 2.41. The zero-order valence-electron chi connectivity index (χ0n) is 18.9. The van der Waals surface area contributed by atoms with Gasteiger partial charge in [-0.05, 0) is 55.3 Å². The van der Waals surface area contributed by atoms with Crippen LogP contribution >= 0.6 is 22.7 Å². The van der Waals surface area contributed by atoms with Crippen molar-refractivity contribution in [3.63, 3.8) is 0 Å². The Morgan fingerprint density at radius 1 is 1.26 bits per heavy atom. The number of sulfonamides is 1. The molecule has 2 atom stereocenters. The molecular weight excluding hydrogens is 494 g/mol. The lowest BCUT2D eigenvalue weighted by molar-refractivity contribution is -0.123. The molecule has 0 aliphatic carbocycles. The van der Waals surface area contributed by atoms with Gasteiger partial charge < -0.3 is 9.47 Å². The molecule has 2 saturated heterocycles. The molecule has 2 aromatic heterocycles. The summed E-state index contributed by atoms with van der Waals surface area (Å²) in [7, 11) is -2.14. The molecule has 11 heteroatoms. The summed E-state index contributed by atoms with van der Waals surface area (Å²) in [5, 5.41) is 2.30. The van der Waals surface area contributed by atoms with Crippen LogP contribution in [0.5, 0.6) is 5.75 Å². The molecule has 2 aliphatic rings. The number of carbonyl (C=O) groups excluding carboxylic acids is 1. The first-order valence-corrected chi connectivity index (χ1v) is 14.5. The Hall–Kier alpha value is -2.05. The van der Waals surface area contributed by atoms with Crippen molar-refractivity contribution in [3.05, 3.63) is 35.7 Å². The Kier molecular flexibility index (Phi) is 6.90. The first-order valence-electron chi connectivity index (χ1n) is 11.4. The van der Waals surface area contributed by atoms with Gasteiger partial charge in [-0.25, -0.2) is 13.4 Å². The van der Waals surface area contributed by atoms with Gasteiger partial charge in [-0.3, -0.25) is 9.69 Å². The van der Waals surface area contributed by atoms with Crippen LogP contribution in [-0.2, 0) is 19.6 Å². The predicted octanol–water partition coefficient (Wildman–Crippen LogP) is 4.12. The second-order valence-electron chi connectivity index (χ2n) is 8.47. The van der Waals surface area contributed by atoms with Crippen LogP contribution in [0.3, 0.4) is 0 Å². The molecule has 34 heavy (non-hydrogen) atoms. The van der Waals surface area contributed by atoms with Gasteiger partial charge in [0.25, 0.3) is 10.0 Å². The molecule has 0 saturated carbocycles. The third-order valence-electron chi connectivity index (χ3n) is 6.29. The van der Waals surface area contributed by atoms with E-state index in [0.717, 1.165) is 41.6 Å². The summed E-state index contributed by atoms with van der Waals surface area (Å²) in [6, 6.07) is 8.17. The van der Waals surface area contributed by atoms with Crippen molar-refractivity contribution in [2.24, 2.45) is 0 Å². The van der Waals surface area contributed by atoms with Crippen molar-refractivity contribution < 1.29 is 22.7 Å². The lowest BCUT2D eigenvalue weighted by atomic mass is 10.0. The van der Waals surface area contributed by atoms with Gasteiger partial charge in [0.2, 0.25) is 5.91 Å². The Labute approximate surface area is 207 Å². The Morgan fingerprint density at radius 3 is 2.88 bits per heavy atom. The fourth-order valence-corrected chi connectivity index (χ4v) is 8.31. The van der Waals surface area contributed by atoms with E-state index in [1.165, 1.54) is 27.0 Å². The van der Waals surface area contributed by atoms with E-state index in [9.17, 15) is 13.2 Å². The van der Waals surface area contributed by atoms with E-state index in [4.69, 9.17) is 14.5 Å². The van der Waals surface area contributed by atoms with Gasteiger partial charge in [-0.2, -0.15) is 4.31 Å². The fraction of sp³-hybridized carbons (Fsp3) is 0.478. The SMILES string of the molecule is COc1ccc2nc(N(CC3CCCO3)C(=O)C3CCCCN3S(=O)(=O)c3cccs3)sc2c1. The number of amides is 1. The highest BCUT2D eigenvalue weighted by molar-refractivity contribution is 7.91. The summed E-state index contributed by atoms with van der Waals surface area (Å²) in [6.07, 6.45) is 3.76. The van der Waals surface area contributed by atoms with E-state index in [2.05, 4.69) is 0 Å². The Bertz CT molecular complexity index is 1250. The van der Waals surface area contributed by atoms with Crippen molar-refractivity contribution in [1.82, 2.24) is 9.29 Å². The number of piperidine rings is 1. The third kappa shape index (κ3) is 4.59. The monoisotopic (exact) mass is 521 g/mol. The average Bonchev–Trinajstić information content (AvgIpc) is 3.63. The van der Waals surface area contributed by atoms with E-state index >= 15 is 0 Å². The predicted molar refractivity (Wildman–Crippen MR) is 133 cm³/mol. The number of rotatable bonds is 7. The van der Waals surface area contributed by atoms with Gasteiger partial charge in [-0.15, -0.1) is 11.3 Å². The number of thiophene rings is 1. The van der Waals surface area contributed by atoms with Crippen molar-refractivity contribution in [2.75, 3.05) is 31.7 Å². The highest BCUT2D eigenvalue weighted by atomic mass is 32.2. The maximum Gasteiger partial charge on any atom is 0.253 e. The number of anilines is 1. The second kappa shape index (κ2) is 9.90. The minimum atomic E-state index is -3.75. The smallest absolute Gasteiger partial charge is 0.253 e. The van der Waals surface area contributed by atoms with Gasteiger partial charge in [0.05, 0.1) is 30.0 Å². The maximum atomic E-state index is 14.0. The summed E-state index contributed by atoms with van der Waals surface area (Å²) in [5.74, 6) is 0.488. The summed E-state index contributed by atoms with van der Waals surface area (Å²) in [6.45, 7) is 1.37. The minimum Gasteiger partial charge on any atom is -0.497 e. The van der Waals surface area contributed by atoms with Crippen molar-refractivity contribution in [1.29, 1.82) is 0 Å². The van der Waals surface area contributed by atoms with Crippen LogP contribution in [0.1, 0.15) is 32.1 Å². The molecule has 0 bridgehead atoms. The van der Waals surface area contributed by atoms with Gasteiger partial charge in [0, 0.05) is 13.2 Å². The molecule has 182 valence electrons. The number of fused-ring (bicyclic) bond motifs is 1. The lowest BCUT2D eigenvalue weighted by Gasteiger charge is -2.36. The van der Waals surface area contributed by atoms with Crippen LogP contribution in [0.25, 0.3) is 10.2 Å². The molecule has 1 aromatic carbocycles. The van der Waals surface area contributed by atoms with Crippen molar-refractivity contribution in [2.45, 2.75) is 48.5 Å². The number of methoxy groups -OCH3 is 1. The van der Waals surface area contributed by atoms with E-state index in [1.54, 1.807) is 29.5 Å². The van der Waals surface area contributed by atoms with Gasteiger partial charge in [0.1, 0.15) is 16.0 Å². The molecule has 1 amide bonds. The molecule has 0 radical (unpaired) electrons. The van der Waals surface area contributed by atoms with Gasteiger partial charge >= 0.3 is 0 Å². The largest absolute Gasteiger partial charge is 0.497 e. The van der Waals surface area contributed by atoms with Crippen molar-refractivity contribution in [3.8, 4) is 5.75 Å². The number of nitrogens with zero attached hydrogens (tertiary/aromatic N) is 3. The summed E-state index contributed by atoms with van der Waals surface area (Å²) in [5.41, 5.74) is 0.776. The minimum absolute atomic E-state index is 0.0866. The number of hydrogen-bond acceptors (Lipinski definition) is 8. The number of carbonyl (C=O) groups is 1. The number of thiazole rings is 1. The quantitative estimate of drug-likeness (QED) is 0.465. The van der Waals surface area contributed by atoms with Crippen LogP contribution in [0, 0.1) is 0 Å². The van der Waals surface area contributed by atoms with E-state index < -0.39 is 16.1 Å². The summed E-state index contributed by atoms with van der Waals surface area (Å²) >= 11 is 2.59. The van der Waals surface area contributed by atoms with Crippen molar-refractivity contribution >= 4 is 54.0 Å². The lowest BCUT2D eigenvalue weighted by Crippen LogP contribution is -2.54. The molecule has 2 aliphatic heterocycles. The Balaban J connectivity index is 1.50. The van der Waals surface area contributed by atoms with Crippen LogP contribution in [0.4, 0.5) is 5.13 Å². The zero-order chi connectivity index (χ0) is 23.7. The first kappa shape index (κ1) is 23.7. The molecule has 0 spiro atoms. The van der Waals surface area contributed by atoms with Gasteiger partial charge in [0.15, 0.2) is 5.13 Å². The first-order chi connectivity index (χ1) is 16.5. The zero-order valence-corrected chi connectivity index (χ0v) is 21.3. The molecule has 5 rings (SSSR count). The molecule has 2 unspecified atom stereocenters. The maximum absolute atomic E-state index is 14.0. The van der Waals surface area contributed by atoms with Crippen LogP contribution in [0.15, 0.2) is 39.9 Å². The summed E-state index contributed by atoms with van der Waals surface area (Å²) < 4.78 is 40.5. The van der Waals surface area contributed by atoms with E-state index in [-0.39, 0.29) is 16.2 Å². The molecule has 3 aromatic rings. The standard InChI is InChI=1S/C23H27N3O5S3/c1-30-16-9-10-18-20(14-16)33-23(24-18)25(15-17-6-4-12-31-17)22(27)19-7-2-3-11-26(19)34(28,29)21-8-5-13-32-21/h5,8-10,13-14,17,19H,2-4,6-7,11-12,15H2,1H3. The number of aromatic nitrogens is 1. The highest BCUT2D eigenvalue weighted by Crippen LogP contribution is 2.35. The van der Waals surface area contributed by atoms with Crippen LogP contribution in [0.2, 0.25) is 0 Å². The number of benzene rings is 1. The normalized spacial score (nSPS) is 21.7. The van der Waals surface area contributed by atoms with Crippen LogP contribution < -0.4 is 9.64 Å². The fourth-order valence-electron chi connectivity index (χ4n) is 4.53. The molecule has 0 N–H and O–H groups in total. The molecular formula is C23H27N3O5S3. The van der Waals surface area contributed by atoms with E-state index in [1.807, 2.05) is 18.2 Å². The number of ether oxygens (including phenoxy) is 2. The van der Waals surface area contributed by atoms with Crippen LogP contribution in [-0.4, -0.2) is 62.6 Å². The molecule has 4 heterocycles. The molecule has 8 nitrogen and oxygen atoms in total. The second-order valence-corrected chi connectivity index (χ2v) is 12.5. The van der Waals surface area contributed by atoms with E-state index in [0.29, 0.717) is 31.2 Å².